The van der Waals surface area contributed by atoms with Crippen LogP contribution in [0.25, 0.3) is 22.5 Å². The number of fused-ring (bicyclic) bond motifs is 1. The van der Waals surface area contributed by atoms with Crippen LogP contribution in [0, 0.1) is 0 Å². The van der Waals surface area contributed by atoms with Gasteiger partial charge in [0.05, 0.1) is 22.8 Å². The summed E-state index contributed by atoms with van der Waals surface area (Å²) in [6, 6.07) is 0.342. The number of rotatable bonds is 5. The van der Waals surface area contributed by atoms with E-state index in [0.29, 0.717) is 11.9 Å². The molecule has 2 aliphatic rings. The Bertz CT molecular complexity index is 984. The van der Waals surface area contributed by atoms with E-state index in [2.05, 4.69) is 39.4 Å². The number of nitrogens with zero attached hydrogens (tertiary/aromatic N) is 5. The molecule has 0 radical (unpaired) electrons. The van der Waals surface area contributed by atoms with Gasteiger partial charge in [-0.25, -0.2) is 9.67 Å². The molecule has 28 heavy (non-hydrogen) atoms. The first kappa shape index (κ1) is 17.6. The van der Waals surface area contributed by atoms with E-state index >= 15 is 0 Å². The van der Waals surface area contributed by atoms with E-state index in [9.17, 15) is 0 Å². The van der Waals surface area contributed by atoms with Crippen LogP contribution in [0.2, 0.25) is 0 Å². The maximum absolute atomic E-state index is 6.13. The molecule has 1 saturated heterocycles. The fourth-order valence-corrected chi connectivity index (χ4v) is 4.12. The fourth-order valence-electron chi connectivity index (χ4n) is 4.12. The van der Waals surface area contributed by atoms with Gasteiger partial charge in [0.15, 0.2) is 5.65 Å². The molecule has 0 unspecified atom stereocenters. The van der Waals surface area contributed by atoms with E-state index in [1.807, 2.05) is 17.1 Å². The van der Waals surface area contributed by atoms with Gasteiger partial charge in [0.1, 0.15) is 0 Å². The molecule has 3 aromatic heterocycles. The smallest absolute Gasteiger partial charge is 0.251 e. The zero-order valence-electron chi connectivity index (χ0n) is 16.4. The molecule has 0 amide bonds. The van der Waals surface area contributed by atoms with Gasteiger partial charge in [-0.3, -0.25) is 0 Å². The summed E-state index contributed by atoms with van der Waals surface area (Å²) in [6.45, 7) is 6.59. The summed E-state index contributed by atoms with van der Waals surface area (Å²) in [5.74, 6) is 1.26. The van der Waals surface area contributed by atoms with Crippen molar-refractivity contribution in [1.29, 1.82) is 0 Å². The average Bonchev–Trinajstić information content (AvgIpc) is 3.34. The van der Waals surface area contributed by atoms with E-state index < -0.39 is 0 Å². The number of anilines is 1. The Morgan fingerprint density at radius 2 is 2.04 bits per heavy atom. The number of hydrogen-bond acceptors (Lipinski definition) is 7. The highest BCUT2D eigenvalue weighted by atomic mass is 16.5. The number of pyridine rings is 1. The van der Waals surface area contributed by atoms with Crippen molar-refractivity contribution in [2.75, 3.05) is 18.5 Å². The third-order valence-electron chi connectivity index (χ3n) is 6.16. The van der Waals surface area contributed by atoms with E-state index in [4.69, 9.17) is 9.15 Å². The first-order chi connectivity index (χ1) is 13.7. The Balaban J connectivity index is 1.58. The van der Waals surface area contributed by atoms with Crippen LogP contribution in [0.15, 0.2) is 16.8 Å². The molecular formula is C20H26N6O2. The Morgan fingerprint density at radius 1 is 1.21 bits per heavy atom. The van der Waals surface area contributed by atoms with Gasteiger partial charge in [-0.15, -0.1) is 10.2 Å². The van der Waals surface area contributed by atoms with Gasteiger partial charge in [-0.2, -0.15) is 5.10 Å². The van der Waals surface area contributed by atoms with Gasteiger partial charge in [-0.1, -0.05) is 13.3 Å². The van der Waals surface area contributed by atoms with Gasteiger partial charge < -0.3 is 14.5 Å². The standard InChI is InChI=1S/C20H26N6O2/c1-3-26-17-14(12-22-26)16(23-13-5-9-27-10-6-13)15(11-21-17)18-24-25-19(28-18)20(2)7-4-8-20/h11-13H,3-10H2,1-2H3,(H,21,23). The first-order valence-electron chi connectivity index (χ1n) is 10.2. The number of ether oxygens (including phenoxy) is 1. The van der Waals surface area contributed by atoms with Gasteiger partial charge in [0.2, 0.25) is 5.89 Å². The molecule has 2 fully saturated rings. The Morgan fingerprint density at radius 3 is 2.75 bits per heavy atom. The summed E-state index contributed by atoms with van der Waals surface area (Å²) in [4.78, 5) is 4.66. The van der Waals surface area contributed by atoms with Gasteiger partial charge in [-0.05, 0) is 32.6 Å². The first-order valence-corrected chi connectivity index (χ1v) is 10.2. The molecule has 3 aromatic rings. The van der Waals surface area contributed by atoms with Crippen LogP contribution in [0.5, 0.6) is 0 Å². The number of hydrogen-bond donors (Lipinski definition) is 1. The fraction of sp³-hybridized carbons (Fsp3) is 0.600. The van der Waals surface area contributed by atoms with Crippen molar-refractivity contribution in [2.45, 2.75) is 64.0 Å². The summed E-state index contributed by atoms with van der Waals surface area (Å²) in [5, 5.41) is 17.9. The molecule has 1 aliphatic carbocycles. The number of nitrogens with one attached hydrogen (secondary N) is 1. The van der Waals surface area contributed by atoms with Crippen molar-refractivity contribution in [1.82, 2.24) is 25.0 Å². The van der Waals surface area contributed by atoms with Crippen molar-refractivity contribution in [3.63, 3.8) is 0 Å². The van der Waals surface area contributed by atoms with Crippen LogP contribution < -0.4 is 5.32 Å². The second-order valence-corrected chi connectivity index (χ2v) is 8.10. The Kier molecular flexibility index (Phi) is 4.30. The topological polar surface area (TPSA) is 90.9 Å². The molecule has 1 N–H and O–H groups in total. The third-order valence-corrected chi connectivity index (χ3v) is 6.16. The molecule has 4 heterocycles. The second-order valence-electron chi connectivity index (χ2n) is 8.10. The van der Waals surface area contributed by atoms with Crippen LogP contribution in [0.1, 0.15) is 51.8 Å². The predicted molar refractivity (Wildman–Crippen MR) is 105 cm³/mol. The van der Waals surface area contributed by atoms with Gasteiger partial charge in [0.25, 0.3) is 5.89 Å². The molecule has 0 atom stereocenters. The van der Waals surface area contributed by atoms with E-state index in [1.54, 1.807) is 0 Å². The maximum Gasteiger partial charge on any atom is 0.251 e. The Labute approximate surface area is 163 Å². The molecule has 0 spiro atoms. The zero-order valence-corrected chi connectivity index (χ0v) is 16.4. The third kappa shape index (κ3) is 2.87. The lowest BCUT2D eigenvalue weighted by atomic mass is 9.70. The minimum atomic E-state index is 0.0180. The van der Waals surface area contributed by atoms with Crippen molar-refractivity contribution in [3.05, 3.63) is 18.3 Å². The van der Waals surface area contributed by atoms with Crippen molar-refractivity contribution < 1.29 is 9.15 Å². The lowest BCUT2D eigenvalue weighted by molar-refractivity contribution is 0.0905. The largest absolute Gasteiger partial charge is 0.420 e. The molecular weight excluding hydrogens is 356 g/mol. The van der Waals surface area contributed by atoms with Crippen LogP contribution in [0.3, 0.4) is 0 Å². The highest BCUT2D eigenvalue weighted by Crippen LogP contribution is 2.43. The van der Waals surface area contributed by atoms with Crippen molar-refractivity contribution in [3.8, 4) is 11.5 Å². The highest BCUT2D eigenvalue weighted by Gasteiger charge is 2.39. The average molecular weight is 382 g/mol. The number of aromatic nitrogens is 5. The molecule has 0 aromatic carbocycles. The maximum atomic E-state index is 6.13. The molecule has 8 heteroatoms. The molecule has 0 bridgehead atoms. The normalized spacial score (nSPS) is 19.6. The SMILES string of the molecule is CCn1ncc2c(NC3CCOCC3)c(-c3nnc(C4(C)CCC4)o3)cnc21. The summed E-state index contributed by atoms with van der Waals surface area (Å²) in [5.41, 5.74) is 2.71. The van der Waals surface area contributed by atoms with Crippen LogP contribution in [-0.4, -0.2) is 44.2 Å². The van der Waals surface area contributed by atoms with E-state index in [0.717, 1.165) is 73.6 Å². The zero-order chi connectivity index (χ0) is 19.1. The van der Waals surface area contributed by atoms with E-state index in [1.165, 1.54) is 6.42 Å². The number of aryl methyl sites for hydroxylation is 1. The van der Waals surface area contributed by atoms with Crippen molar-refractivity contribution >= 4 is 16.7 Å². The predicted octanol–water partition coefficient (Wildman–Crippen LogP) is 3.53. The highest BCUT2D eigenvalue weighted by molar-refractivity contribution is 5.96. The molecule has 1 saturated carbocycles. The van der Waals surface area contributed by atoms with Crippen LogP contribution >= 0.6 is 0 Å². The van der Waals surface area contributed by atoms with E-state index in [-0.39, 0.29) is 5.41 Å². The quantitative estimate of drug-likeness (QED) is 0.722. The Hall–Kier alpha value is -2.48. The summed E-state index contributed by atoms with van der Waals surface area (Å²) >= 11 is 0. The minimum Gasteiger partial charge on any atom is -0.420 e. The van der Waals surface area contributed by atoms with Crippen molar-refractivity contribution in [2.24, 2.45) is 0 Å². The minimum absolute atomic E-state index is 0.0180. The summed E-state index contributed by atoms with van der Waals surface area (Å²) in [7, 11) is 0. The summed E-state index contributed by atoms with van der Waals surface area (Å²) in [6.07, 6.45) is 9.07. The van der Waals surface area contributed by atoms with Gasteiger partial charge in [0, 0.05) is 37.4 Å². The molecule has 5 rings (SSSR count). The molecule has 1 aliphatic heterocycles. The monoisotopic (exact) mass is 382 g/mol. The van der Waals surface area contributed by atoms with Crippen LogP contribution in [-0.2, 0) is 16.7 Å². The van der Waals surface area contributed by atoms with Gasteiger partial charge >= 0.3 is 0 Å². The lowest BCUT2D eigenvalue weighted by Crippen LogP contribution is -2.30. The summed E-state index contributed by atoms with van der Waals surface area (Å²) < 4.78 is 13.6. The second kappa shape index (κ2) is 6.84. The molecule has 148 valence electrons. The van der Waals surface area contributed by atoms with Crippen LogP contribution in [0.4, 0.5) is 5.69 Å². The lowest BCUT2D eigenvalue weighted by Gasteiger charge is -2.34. The molecule has 8 nitrogen and oxygen atoms in total.